The Morgan fingerprint density at radius 1 is 1.50 bits per heavy atom. The van der Waals surface area contributed by atoms with E-state index in [1.165, 1.54) is 14.0 Å². The highest BCUT2D eigenvalue weighted by molar-refractivity contribution is 7.71. The molecule has 11 nitrogen and oxygen atoms in total. The van der Waals surface area contributed by atoms with E-state index >= 15 is 4.39 Å². The molecule has 1 unspecified atom stereocenters. The molecule has 14 heteroatoms. The number of ether oxygens (including phenoxy) is 2. The molecule has 3 N–H and O–H groups in total. The van der Waals surface area contributed by atoms with Crippen molar-refractivity contribution in [1.82, 2.24) is 9.55 Å². The molecule has 3 heterocycles. The van der Waals surface area contributed by atoms with Gasteiger partial charge in [-0.15, -0.1) is 0 Å². The van der Waals surface area contributed by atoms with Crippen LogP contribution >= 0.6 is 20.0 Å². The summed E-state index contributed by atoms with van der Waals surface area (Å²) in [7, 11) is -3.02. The number of phosphoric ester groups is 1. The van der Waals surface area contributed by atoms with Crippen LogP contribution in [0, 0.1) is 11.7 Å². The molecule has 1 aromatic carbocycles. The van der Waals surface area contributed by atoms with Crippen molar-refractivity contribution in [3.8, 4) is 11.5 Å². The first-order valence-electron chi connectivity index (χ1n) is 9.75. The number of phosphoric acid groups is 1. The van der Waals surface area contributed by atoms with Gasteiger partial charge in [-0.1, -0.05) is 12.1 Å². The maximum absolute atomic E-state index is 15.6. The quantitative estimate of drug-likeness (QED) is 0.419. The number of aliphatic hydroxyl groups excluding tert-OH is 2. The predicted molar refractivity (Wildman–Crippen MR) is 109 cm³/mol. The smallest absolute Gasteiger partial charge is 0.493 e. The number of rotatable bonds is 5. The van der Waals surface area contributed by atoms with Crippen LogP contribution in [0.5, 0.6) is 11.5 Å². The van der Waals surface area contributed by atoms with Crippen LogP contribution in [0.25, 0.3) is 0 Å². The van der Waals surface area contributed by atoms with Crippen molar-refractivity contribution in [2.45, 2.75) is 37.8 Å². The van der Waals surface area contributed by atoms with Crippen molar-refractivity contribution in [2.75, 3.05) is 13.7 Å². The minimum atomic E-state index is -4.39. The number of fused-ring (bicyclic) bond motifs is 1. The van der Waals surface area contributed by atoms with Crippen molar-refractivity contribution in [1.29, 1.82) is 0 Å². The number of alkyl halides is 1. The average molecular weight is 491 g/mol. The maximum Gasteiger partial charge on any atom is 0.530 e. The lowest BCUT2D eigenvalue weighted by atomic mass is 10.1. The van der Waals surface area contributed by atoms with Gasteiger partial charge in [-0.2, -0.15) is 0 Å². The Kier molecular flexibility index (Phi) is 5.66. The molecule has 4 rings (SSSR count). The van der Waals surface area contributed by atoms with Gasteiger partial charge in [0.05, 0.1) is 15.1 Å². The second kappa shape index (κ2) is 8.34. The third-order valence-corrected chi connectivity index (χ3v) is 6.50. The number of methoxy groups -OCH3 is 1. The third-order valence-electron chi connectivity index (χ3n) is 4.91. The maximum atomic E-state index is 15.6. The summed E-state index contributed by atoms with van der Waals surface area (Å²) in [6.45, 7) is -0.0286. The molecular formula is C18H20FN2O9PS. The molecule has 2 aliphatic rings. The highest BCUT2D eigenvalue weighted by Crippen LogP contribution is 2.57. The molecule has 1 saturated heterocycles. The molecule has 1 fully saturated rings. The number of aliphatic hydroxyl groups is 2. The second-order valence-electron chi connectivity index (χ2n) is 7.09. The lowest BCUT2D eigenvalue weighted by Gasteiger charge is -2.29. The molecule has 174 valence electrons. The Balaban J connectivity index is 1.58. The first kappa shape index (κ1) is 21.7. The molecule has 0 radical (unpaired) electrons. The molecule has 0 aliphatic carbocycles. The molecule has 0 saturated carbocycles. The number of para-hydroxylation sites is 1. The third kappa shape index (κ3) is 4.01. The fourth-order valence-electron chi connectivity index (χ4n) is 3.16. The molecule has 32 heavy (non-hydrogen) atoms. The lowest BCUT2D eigenvalue weighted by molar-refractivity contribution is -0.205. The van der Waals surface area contributed by atoms with Crippen LogP contribution in [-0.4, -0.2) is 51.5 Å². The summed E-state index contributed by atoms with van der Waals surface area (Å²) >= 11 is 4.98. The average Bonchev–Trinajstić information content (AvgIpc) is 2.95. The molecule has 5 atom stereocenters. The summed E-state index contributed by atoms with van der Waals surface area (Å²) < 4.78 is 63.0. The molecule has 0 amide bonds. The largest absolute Gasteiger partial charge is 0.530 e. The van der Waals surface area contributed by atoms with Crippen molar-refractivity contribution in [2.24, 2.45) is 0 Å². The van der Waals surface area contributed by atoms with Crippen molar-refractivity contribution in [3.63, 3.8) is 0 Å². The minimum Gasteiger partial charge on any atom is -0.493 e. The van der Waals surface area contributed by atoms with Crippen LogP contribution in [-0.2, 0) is 25.0 Å². The zero-order valence-electron chi connectivity index (χ0n) is 17.8. The van der Waals surface area contributed by atoms with Crippen LogP contribution in [0.15, 0.2) is 29.2 Å². The highest BCUT2D eigenvalue weighted by atomic mass is 32.1. The summed E-state index contributed by atoms with van der Waals surface area (Å²) in [4.78, 5) is 14.0. The standard InChI is InChI=1S/C18H20FN2O9PS/c1-9-6-21(17(32)20-15(9)24)16-12(22)14(23)18(19,29-16)8-28-31(25)27-7-10-4-3-5-11(26-2)13(10)30-31/h3-6,12,14,16,22-23H,7-8H2,1-2H3,(H,20,24,32)/t12-,14+,16-,18-,31?/m1/s1/i16D. The number of H-pyrrole nitrogens is 1. The van der Waals surface area contributed by atoms with Gasteiger partial charge in [0.2, 0.25) is 0 Å². The molecular weight excluding hydrogens is 470 g/mol. The normalized spacial score (nSPS) is 34.5. The Morgan fingerprint density at radius 2 is 2.25 bits per heavy atom. The van der Waals surface area contributed by atoms with Crippen LogP contribution in [0.1, 0.15) is 18.7 Å². The molecule has 0 spiro atoms. The fraction of sp³-hybridized carbons (Fsp3) is 0.444. The number of hydrogen-bond acceptors (Lipinski definition) is 10. The number of benzene rings is 1. The van der Waals surface area contributed by atoms with E-state index in [9.17, 15) is 19.6 Å². The number of nitrogens with one attached hydrogen (secondary N) is 1. The van der Waals surface area contributed by atoms with E-state index in [2.05, 4.69) is 4.98 Å². The number of halogens is 1. The number of nitrogens with zero attached hydrogens (tertiary/aromatic N) is 1. The summed E-state index contributed by atoms with van der Waals surface area (Å²) in [5.41, 5.74) is 0.0530. The SMILES string of the molecule is [2H][C@@]1(n2cc(C)c(=O)[nH]c2=S)O[C@](F)(COP2(=O)OCc3cccc(OC)c3O2)[C@@H](O)[C@H]1O. The zero-order valence-corrected chi connectivity index (χ0v) is 18.5. The minimum absolute atomic E-state index is 0.0836. The number of aryl methyl sites for hydroxylation is 1. The lowest BCUT2D eigenvalue weighted by Crippen LogP contribution is -2.43. The first-order chi connectivity index (χ1) is 15.4. The van der Waals surface area contributed by atoms with E-state index < -0.39 is 44.3 Å². The van der Waals surface area contributed by atoms with E-state index in [0.717, 1.165) is 10.8 Å². The molecule has 1 aromatic heterocycles. The fourth-order valence-corrected chi connectivity index (χ4v) is 4.64. The second-order valence-corrected chi connectivity index (χ2v) is 9.07. The van der Waals surface area contributed by atoms with Gasteiger partial charge in [0.15, 0.2) is 22.5 Å². The monoisotopic (exact) mass is 491 g/mol. The van der Waals surface area contributed by atoms with E-state index in [4.69, 9.17) is 36.6 Å². The van der Waals surface area contributed by atoms with Gasteiger partial charge in [0.1, 0.15) is 18.8 Å². The van der Waals surface area contributed by atoms with Crippen LogP contribution in [0.2, 0.25) is 0 Å². The Bertz CT molecular complexity index is 1240. The highest BCUT2D eigenvalue weighted by Gasteiger charge is 2.57. The molecule has 2 aliphatic heterocycles. The van der Waals surface area contributed by atoms with E-state index in [1.807, 2.05) is 0 Å². The van der Waals surface area contributed by atoms with Crippen LogP contribution in [0.3, 0.4) is 0 Å². The van der Waals surface area contributed by atoms with Crippen molar-refractivity contribution in [3.05, 3.63) is 50.6 Å². The molecule has 0 bridgehead atoms. The van der Waals surface area contributed by atoms with Gasteiger partial charge >= 0.3 is 7.82 Å². The van der Waals surface area contributed by atoms with Gasteiger partial charge in [0, 0.05) is 17.3 Å². The number of aromatic amines is 1. The molecule has 2 aromatic rings. The van der Waals surface area contributed by atoms with Gasteiger partial charge in [-0.25, -0.2) is 8.96 Å². The van der Waals surface area contributed by atoms with E-state index in [1.54, 1.807) is 18.2 Å². The van der Waals surface area contributed by atoms with Crippen LogP contribution in [0.4, 0.5) is 4.39 Å². The number of aromatic nitrogens is 2. The van der Waals surface area contributed by atoms with E-state index in [-0.39, 0.29) is 28.4 Å². The van der Waals surface area contributed by atoms with Crippen molar-refractivity contribution >= 4 is 20.0 Å². The zero-order chi connectivity index (χ0) is 24.2. The predicted octanol–water partition coefficient (Wildman–Crippen LogP) is 1.87. The first-order valence-corrected chi connectivity index (χ1v) is 11.1. The van der Waals surface area contributed by atoms with Gasteiger partial charge in [-0.3, -0.25) is 23.4 Å². The van der Waals surface area contributed by atoms with Gasteiger partial charge in [0.25, 0.3) is 11.4 Å². The van der Waals surface area contributed by atoms with Gasteiger partial charge in [-0.05, 0) is 25.2 Å². The van der Waals surface area contributed by atoms with Crippen LogP contribution < -0.4 is 14.8 Å². The summed E-state index contributed by atoms with van der Waals surface area (Å²) in [5.74, 6) is -2.89. The summed E-state index contributed by atoms with van der Waals surface area (Å²) in [6.07, 6.45) is -6.09. The topological polar surface area (TPSA) is 141 Å². The van der Waals surface area contributed by atoms with Gasteiger partial charge < -0.3 is 24.2 Å². The summed E-state index contributed by atoms with van der Waals surface area (Å²) in [5, 5.41) is 20.7. The van der Waals surface area contributed by atoms with E-state index in [0.29, 0.717) is 5.56 Å². The Morgan fingerprint density at radius 3 is 2.97 bits per heavy atom. The Hall–Kier alpha value is -2.12. The Labute approximate surface area is 187 Å². The number of hydrogen-bond donors (Lipinski definition) is 3. The van der Waals surface area contributed by atoms with Crippen molar-refractivity contribution < 1.29 is 43.6 Å². The summed E-state index contributed by atoms with van der Waals surface area (Å²) in [6, 6.07) is 4.86.